The minimum Gasteiger partial charge on any atom is -0.481 e. The molecule has 0 aliphatic heterocycles. The summed E-state index contributed by atoms with van der Waals surface area (Å²) in [7, 11) is 0. The van der Waals surface area contributed by atoms with Crippen LogP contribution in [0.1, 0.15) is 12.8 Å². The summed E-state index contributed by atoms with van der Waals surface area (Å²) in [6, 6.07) is 0. The van der Waals surface area contributed by atoms with Gasteiger partial charge in [-0.25, -0.2) is 0 Å². The number of hydrogen-bond donors (Lipinski definition) is 2. The molecule has 3 unspecified atom stereocenters. The molecule has 2 N–H and O–H groups in total. The van der Waals surface area contributed by atoms with E-state index in [1.807, 2.05) is 0 Å². The lowest BCUT2D eigenvalue weighted by Gasteiger charge is -2.32. The quantitative estimate of drug-likeness (QED) is 0.756. The van der Waals surface area contributed by atoms with Gasteiger partial charge in [0, 0.05) is 9.65 Å². The number of carboxylic acids is 2. The summed E-state index contributed by atoms with van der Waals surface area (Å²) in [5.74, 6) is -3.63. The Balaban J connectivity index is 2.80. The van der Waals surface area contributed by atoms with E-state index in [0.717, 1.165) is 0 Å². The van der Waals surface area contributed by atoms with Crippen LogP contribution in [0.15, 0.2) is 0 Å². The molecule has 0 radical (unpaired) electrons. The molecule has 1 fully saturated rings. The van der Waals surface area contributed by atoms with E-state index in [2.05, 4.69) is 31.9 Å². The third-order valence-corrected chi connectivity index (χ3v) is 5.20. The monoisotopic (exact) mass is 328 g/mol. The first kappa shape index (κ1) is 12.0. The van der Waals surface area contributed by atoms with Crippen LogP contribution in [0.3, 0.4) is 0 Å². The van der Waals surface area contributed by atoms with Gasteiger partial charge in [0.2, 0.25) is 0 Å². The summed E-state index contributed by atoms with van der Waals surface area (Å²) in [4.78, 5) is 21.7. The van der Waals surface area contributed by atoms with Crippen molar-refractivity contribution >= 4 is 43.8 Å². The SMILES string of the molecule is O=C(O)C1CC(Br)[C@@H](Br)CC1C(=O)O. The van der Waals surface area contributed by atoms with Gasteiger partial charge in [0.15, 0.2) is 0 Å². The highest BCUT2D eigenvalue weighted by Crippen LogP contribution is 2.37. The number of carboxylic acid groups (broad SMARTS) is 2. The van der Waals surface area contributed by atoms with Crippen LogP contribution in [-0.4, -0.2) is 31.8 Å². The Kier molecular flexibility index (Phi) is 3.94. The molecular weight excluding hydrogens is 320 g/mol. The van der Waals surface area contributed by atoms with Crippen molar-refractivity contribution in [2.75, 3.05) is 0 Å². The van der Waals surface area contributed by atoms with E-state index in [0.29, 0.717) is 12.8 Å². The molecule has 14 heavy (non-hydrogen) atoms. The molecule has 6 heteroatoms. The largest absolute Gasteiger partial charge is 0.481 e. The highest BCUT2D eigenvalue weighted by Gasteiger charge is 2.42. The summed E-state index contributed by atoms with van der Waals surface area (Å²) in [5.41, 5.74) is 0. The highest BCUT2D eigenvalue weighted by molar-refractivity contribution is 9.12. The maximum atomic E-state index is 10.8. The Hall–Kier alpha value is -0.100. The number of aliphatic carboxylic acids is 2. The molecule has 1 rings (SSSR count). The number of halogens is 2. The maximum Gasteiger partial charge on any atom is 0.307 e. The molecule has 4 atom stereocenters. The van der Waals surface area contributed by atoms with Crippen LogP contribution in [0.4, 0.5) is 0 Å². The lowest BCUT2D eigenvalue weighted by molar-refractivity contribution is -0.155. The van der Waals surface area contributed by atoms with Crippen LogP contribution in [0.5, 0.6) is 0 Å². The van der Waals surface area contributed by atoms with Crippen LogP contribution in [0.25, 0.3) is 0 Å². The summed E-state index contributed by atoms with van der Waals surface area (Å²) in [5, 5.41) is 17.7. The second kappa shape index (κ2) is 4.61. The minimum absolute atomic E-state index is 0.0270. The molecule has 4 nitrogen and oxygen atoms in total. The van der Waals surface area contributed by atoms with Crippen molar-refractivity contribution in [3.05, 3.63) is 0 Å². The van der Waals surface area contributed by atoms with Gasteiger partial charge < -0.3 is 10.2 Å². The van der Waals surface area contributed by atoms with Gasteiger partial charge in [0.05, 0.1) is 11.8 Å². The van der Waals surface area contributed by atoms with Crippen LogP contribution in [0.2, 0.25) is 0 Å². The van der Waals surface area contributed by atoms with Gasteiger partial charge in [0.1, 0.15) is 0 Å². The zero-order chi connectivity index (χ0) is 10.9. The molecule has 0 amide bonds. The molecule has 0 heterocycles. The molecule has 80 valence electrons. The molecule has 0 aromatic heterocycles. The number of carbonyl (C=O) groups is 2. The standard InChI is InChI=1S/C8H10Br2O4/c9-5-1-3(7(11)12)4(8(13)14)2-6(5)10/h3-6H,1-2H2,(H,11,12)(H,13,14)/t3?,4?,5-,6?/m0/s1. The van der Waals surface area contributed by atoms with Crippen molar-refractivity contribution in [3.63, 3.8) is 0 Å². The zero-order valence-electron chi connectivity index (χ0n) is 7.19. The van der Waals surface area contributed by atoms with Crippen LogP contribution in [0, 0.1) is 11.8 Å². The third kappa shape index (κ3) is 2.48. The highest BCUT2D eigenvalue weighted by atomic mass is 79.9. The molecule has 1 aliphatic rings. The van der Waals surface area contributed by atoms with Crippen molar-refractivity contribution in [1.82, 2.24) is 0 Å². The van der Waals surface area contributed by atoms with Gasteiger partial charge in [-0.1, -0.05) is 31.9 Å². The molecule has 0 bridgehead atoms. The van der Waals surface area contributed by atoms with E-state index < -0.39 is 23.8 Å². The first-order chi connectivity index (χ1) is 6.43. The van der Waals surface area contributed by atoms with Crippen LogP contribution in [-0.2, 0) is 9.59 Å². The van der Waals surface area contributed by atoms with Crippen molar-refractivity contribution in [2.24, 2.45) is 11.8 Å². The molecule has 1 saturated carbocycles. The number of rotatable bonds is 2. The molecular formula is C8H10Br2O4. The molecule has 0 aromatic rings. The maximum absolute atomic E-state index is 10.8. The molecule has 0 spiro atoms. The Bertz CT molecular complexity index is 230. The van der Waals surface area contributed by atoms with E-state index in [9.17, 15) is 9.59 Å². The van der Waals surface area contributed by atoms with Crippen molar-refractivity contribution in [3.8, 4) is 0 Å². The van der Waals surface area contributed by atoms with Gasteiger partial charge >= 0.3 is 11.9 Å². The van der Waals surface area contributed by atoms with E-state index in [1.54, 1.807) is 0 Å². The lowest BCUT2D eigenvalue weighted by atomic mass is 9.79. The van der Waals surface area contributed by atoms with Crippen LogP contribution >= 0.6 is 31.9 Å². The van der Waals surface area contributed by atoms with Gasteiger partial charge in [0.25, 0.3) is 0 Å². The smallest absolute Gasteiger partial charge is 0.307 e. The third-order valence-electron chi connectivity index (χ3n) is 2.47. The van der Waals surface area contributed by atoms with E-state index in [4.69, 9.17) is 10.2 Å². The normalized spacial score (nSPS) is 37.9. The summed E-state index contributed by atoms with van der Waals surface area (Å²) in [6.07, 6.45) is 0.699. The number of alkyl halides is 2. The molecule has 0 saturated heterocycles. The fourth-order valence-corrected chi connectivity index (χ4v) is 2.89. The molecule has 1 aliphatic carbocycles. The second-order valence-corrected chi connectivity index (χ2v) is 5.75. The average molecular weight is 330 g/mol. The second-order valence-electron chi connectivity index (χ2n) is 3.39. The first-order valence-corrected chi connectivity index (χ1v) is 6.00. The van der Waals surface area contributed by atoms with Crippen molar-refractivity contribution < 1.29 is 19.8 Å². The lowest BCUT2D eigenvalue weighted by Crippen LogP contribution is -2.40. The van der Waals surface area contributed by atoms with E-state index >= 15 is 0 Å². The van der Waals surface area contributed by atoms with E-state index in [1.165, 1.54) is 0 Å². The first-order valence-electron chi connectivity index (χ1n) is 4.17. The Labute approximate surface area is 97.9 Å². The van der Waals surface area contributed by atoms with Crippen molar-refractivity contribution in [2.45, 2.75) is 22.5 Å². The summed E-state index contributed by atoms with van der Waals surface area (Å²) in [6.45, 7) is 0. The predicted octanol–water partition coefficient (Wildman–Crippen LogP) is 1.71. The van der Waals surface area contributed by atoms with Crippen molar-refractivity contribution in [1.29, 1.82) is 0 Å². The van der Waals surface area contributed by atoms with Gasteiger partial charge in [-0.3, -0.25) is 9.59 Å². The van der Waals surface area contributed by atoms with Gasteiger partial charge in [-0.2, -0.15) is 0 Å². The Morgan fingerprint density at radius 2 is 1.21 bits per heavy atom. The minimum atomic E-state index is -1.03. The average Bonchev–Trinajstić information content (AvgIpc) is 2.08. The Morgan fingerprint density at radius 3 is 1.43 bits per heavy atom. The van der Waals surface area contributed by atoms with E-state index in [-0.39, 0.29) is 9.65 Å². The summed E-state index contributed by atoms with van der Waals surface area (Å²) < 4.78 is 0. The predicted molar refractivity (Wildman–Crippen MR) is 56.9 cm³/mol. The molecule has 0 aromatic carbocycles. The Morgan fingerprint density at radius 1 is 0.929 bits per heavy atom. The van der Waals surface area contributed by atoms with Gasteiger partial charge in [-0.05, 0) is 12.8 Å². The number of hydrogen-bond acceptors (Lipinski definition) is 2. The summed E-state index contributed by atoms with van der Waals surface area (Å²) >= 11 is 6.67. The fraction of sp³-hybridized carbons (Fsp3) is 0.750. The topological polar surface area (TPSA) is 74.6 Å². The zero-order valence-corrected chi connectivity index (χ0v) is 10.4. The fourth-order valence-electron chi connectivity index (χ4n) is 1.65. The van der Waals surface area contributed by atoms with Crippen LogP contribution < -0.4 is 0 Å². The van der Waals surface area contributed by atoms with Gasteiger partial charge in [-0.15, -0.1) is 0 Å².